The molecule has 0 heterocycles. The van der Waals surface area contributed by atoms with E-state index in [-0.39, 0.29) is 0 Å². The number of carbonyl (C=O) groups excluding carboxylic acids is 1. The van der Waals surface area contributed by atoms with Crippen molar-refractivity contribution in [2.24, 2.45) is 0 Å². The van der Waals surface area contributed by atoms with Gasteiger partial charge in [0, 0.05) is 0 Å². The number of rotatable bonds is 0. The van der Waals surface area contributed by atoms with Crippen molar-refractivity contribution in [3.63, 3.8) is 0 Å². The Kier molecular flexibility index (Phi) is 15.1. The van der Waals surface area contributed by atoms with Crippen molar-refractivity contribution in [2.45, 2.75) is 6.92 Å². The summed E-state index contributed by atoms with van der Waals surface area (Å²) in [6.07, 6.45) is 1.50. The molecule has 0 bridgehead atoms. The number of hydrogen-bond donors (Lipinski definition) is 0. The molecule has 0 aromatic rings. The van der Waals surface area contributed by atoms with Gasteiger partial charge in [0.2, 0.25) is 0 Å². The molecular weight excluding hydrogens is 256 g/mol. The molecule has 0 saturated heterocycles. The van der Waals surface area contributed by atoms with Crippen molar-refractivity contribution < 1.29 is 43.6 Å². The molecule has 0 aromatic carbocycles. The summed E-state index contributed by atoms with van der Waals surface area (Å²) in [5.74, 6) is 0. The molecule has 5 heteroatoms. The van der Waals surface area contributed by atoms with Crippen LogP contribution in [-0.2, 0) is 4.79 Å². The van der Waals surface area contributed by atoms with Gasteiger partial charge < -0.3 is 4.79 Å². The van der Waals surface area contributed by atoms with Crippen LogP contribution in [0.5, 0.6) is 0 Å². The molecule has 1 nitrogen and oxygen atoms in total. The van der Waals surface area contributed by atoms with Crippen molar-refractivity contribution in [3.05, 3.63) is 0 Å². The van der Waals surface area contributed by atoms with E-state index in [0.717, 1.165) is 0 Å². The summed E-state index contributed by atoms with van der Waals surface area (Å²) in [5.41, 5.74) is 0. The first-order chi connectivity index (χ1) is 3.15. The van der Waals surface area contributed by atoms with Crippen molar-refractivity contribution in [1.29, 1.82) is 0 Å². The van der Waals surface area contributed by atoms with Crippen molar-refractivity contribution in [3.8, 4) is 0 Å². The molecule has 0 rings (SSSR count). The predicted octanol–water partition coefficient (Wildman–Crippen LogP) is 1.38. The Morgan fingerprint density at radius 2 is 1.43 bits per heavy atom. The van der Waals surface area contributed by atoms with Crippen molar-refractivity contribution >= 4 is 6.29 Å². The Hall–Kier alpha value is 0.746. The average molecular weight is 259 g/mol. The molecule has 7 heavy (non-hydrogen) atoms. The topological polar surface area (TPSA) is 17.1 Å². The zero-order valence-electron chi connectivity index (χ0n) is 3.38. The van der Waals surface area contributed by atoms with E-state index >= 15 is 0 Å². The van der Waals surface area contributed by atoms with Gasteiger partial charge in [0.1, 0.15) is 0 Å². The van der Waals surface area contributed by atoms with Crippen molar-refractivity contribution in [1.82, 2.24) is 0 Å². The van der Waals surface area contributed by atoms with Crippen LogP contribution in [0.3, 0.4) is 0 Å². The second kappa shape index (κ2) is 9.89. The maximum absolute atomic E-state index is 9.83. The third kappa shape index (κ3) is 273. The maximum atomic E-state index is 9.83. The SMILES string of the molecule is C[C-]=O.[F][Tb]([F])[F]. The van der Waals surface area contributed by atoms with E-state index in [9.17, 15) is 3.80 Å². The van der Waals surface area contributed by atoms with Gasteiger partial charge in [-0.05, 0) is 0 Å². The Bertz CT molecular complexity index is 37.2. The molecule has 0 spiro atoms. The third-order valence-electron chi connectivity index (χ3n) is 0. The summed E-state index contributed by atoms with van der Waals surface area (Å²) < 4.78 is 29.5. The van der Waals surface area contributed by atoms with E-state index in [1.807, 2.05) is 0 Å². The van der Waals surface area contributed by atoms with Gasteiger partial charge in [0.15, 0.2) is 0 Å². The van der Waals surface area contributed by atoms with Gasteiger partial charge in [-0.2, -0.15) is 6.92 Å². The molecule has 0 unspecified atom stereocenters. The van der Waals surface area contributed by atoms with Crippen LogP contribution in [0.15, 0.2) is 0 Å². The Labute approximate surface area is 56.5 Å². The van der Waals surface area contributed by atoms with Crippen LogP contribution in [0, 0.1) is 35.0 Å². The average Bonchev–Trinajstić information content (AvgIpc) is 1.33. The molecule has 0 aliphatic heterocycles. The third-order valence-corrected chi connectivity index (χ3v) is 0. The second-order valence-corrected chi connectivity index (χ2v) is 1.26. The molecule has 0 aromatic heterocycles. The first-order valence-electron chi connectivity index (χ1n) is 1.08. The van der Waals surface area contributed by atoms with E-state index in [1.165, 1.54) is 13.2 Å². The number of hydrogen-bond acceptors (Lipinski definition) is 1. The zero-order chi connectivity index (χ0) is 6.28. The fraction of sp³-hybridized carbons (Fsp3) is 0.500. The van der Waals surface area contributed by atoms with E-state index in [1.54, 1.807) is 0 Å². The van der Waals surface area contributed by atoms with Gasteiger partial charge >= 0.3 is 38.8 Å². The van der Waals surface area contributed by atoms with Gasteiger partial charge in [-0.15, -0.1) is 0 Å². The second-order valence-electron chi connectivity index (χ2n) is 0.347. The standard InChI is InChI=1S/C2H3O.3FH.Tb/c1-2-3;;;;/h1H3;3*1H;/q-1;;;;+3/p-3. The Morgan fingerprint density at radius 1 is 1.43 bits per heavy atom. The van der Waals surface area contributed by atoms with Crippen LogP contribution < -0.4 is 0 Å². The molecule has 0 amide bonds. The van der Waals surface area contributed by atoms with E-state index in [4.69, 9.17) is 4.79 Å². The minimum absolute atomic E-state index is 1.32. The summed E-state index contributed by atoms with van der Waals surface area (Å²) in [4.78, 5) is 8.68. The quantitative estimate of drug-likeness (QED) is 0.600. The van der Waals surface area contributed by atoms with Gasteiger partial charge in [-0.25, -0.2) is 0 Å². The van der Waals surface area contributed by atoms with E-state index in [0.29, 0.717) is 0 Å². The van der Waals surface area contributed by atoms with Crippen LogP contribution in [0.25, 0.3) is 0 Å². The molecule has 0 N–H and O–H groups in total. The summed E-state index contributed by atoms with van der Waals surface area (Å²) in [6, 6.07) is 0. The molecule has 0 atom stereocenters. The monoisotopic (exact) mass is 259 g/mol. The van der Waals surface area contributed by atoms with E-state index in [2.05, 4.69) is 0 Å². The van der Waals surface area contributed by atoms with Crippen LogP contribution in [-0.4, -0.2) is 6.29 Å². The fourth-order valence-electron chi connectivity index (χ4n) is 0. The molecule has 48 valence electrons. The molecule has 0 fully saturated rings. The summed E-state index contributed by atoms with van der Waals surface area (Å²) in [7, 11) is 0. The van der Waals surface area contributed by atoms with Crippen LogP contribution in [0.2, 0.25) is 0 Å². The fourth-order valence-corrected chi connectivity index (χ4v) is 0. The van der Waals surface area contributed by atoms with Gasteiger partial charge in [0.25, 0.3) is 0 Å². The van der Waals surface area contributed by atoms with Crippen molar-refractivity contribution in [2.75, 3.05) is 0 Å². The Morgan fingerprint density at radius 3 is 1.43 bits per heavy atom. The summed E-state index contributed by atoms with van der Waals surface area (Å²) >= 11 is -4.83. The van der Waals surface area contributed by atoms with Gasteiger partial charge in [-0.1, -0.05) is 0 Å². The van der Waals surface area contributed by atoms with Crippen LogP contribution >= 0.6 is 0 Å². The normalized spacial score (nSPS) is 8.29. The van der Waals surface area contributed by atoms with Crippen LogP contribution in [0.4, 0.5) is 3.80 Å². The van der Waals surface area contributed by atoms with E-state index < -0.39 is 35.0 Å². The molecule has 0 saturated carbocycles. The van der Waals surface area contributed by atoms with Gasteiger partial charge in [0.05, 0.1) is 0 Å². The zero-order valence-corrected chi connectivity index (χ0v) is 5.51. The summed E-state index contributed by atoms with van der Waals surface area (Å²) in [6.45, 7) is 1.32. The summed E-state index contributed by atoms with van der Waals surface area (Å²) in [5, 5.41) is 0. The van der Waals surface area contributed by atoms with Gasteiger partial charge in [-0.3, -0.25) is 6.29 Å². The molecular formula is C2H3F3OTb-. The first-order valence-corrected chi connectivity index (χ1v) is 3.51. The number of halogens is 3. The van der Waals surface area contributed by atoms with Crippen LogP contribution in [0.1, 0.15) is 6.92 Å². The molecule has 0 aliphatic rings. The predicted molar refractivity (Wildman–Crippen MR) is 14.7 cm³/mol. The molecule has 0 aliphatic carbocycles. The Balaban J connectivity index is 0. The first kappa shape index (κ1) is 10.7. The molecule has 0 radical (unpaired) electrons. The minimum atomic E-state index is -4.83.